The first-order chi connectivity index (χ1) is 17.1. The second kappa shape index (κ2) is 10.7. The van der Waals surface area contributed by atoms with Gasteiger partial charge in [-0.15, -0.1) is 0 Å². The van der Waals surface area contributed by atoms with E-state index in [1.807, 2.05) is 47.5 Å². The summed E-state index contributed by atoms with van der Waals surface area (Å²) in [6, 6.07) is 16.5. The highest BCUT2D eigenvalue weighted by Crippen LogP contribution is 2.28. The van der Waals surface area contributed by atoms with E-state index in [2.05, 4.69) is 44.2 Å². The number of hydrogen-bond donors (Lipinski definition) is 1. The van der Waals surface area contributed by atoms with Crippen LogP contribution < -0.4 is 10.2 Å². The minimum absolute atomic E-state index is 0.120. The van der Waals surface area contributed by atoms with Gasteiger partial charge in [-0.3, -0.25) is 19.4 Å². The lowest BCUT2D eigenvalue weighted by Crippen LogP contribution is -2.50. The molecule has 2 aromatic rings. The zero-order valence-electron chi connectivity index (χ0n) is 20.6. The maximum atomic E-state index is 13.1. The number of carbonyl (C=O) groups excluding carboxylic acids is 2. The molecule has 4 heterocycles. The second-order valence-electron chi connectivity index (χ2n) is 9.92. The summed E-state index contributed by atoms with van der Waals surface area (Å²) in [5.41, 5.74) is 1.23. The number of likely N-dealkylation sites (tertiary alicyclic amines) is 1. The van der Waals surface area contributed by atoms with Gasteiger partial charge in [0, 0.05) is 70.5 Å². The van der Waals surface area contributed by atoms with Crippen molar-refractivity contribution in [2.24, 2.45) is 0 Å². The highest BCUT2D eigenvalue weighted by Gasteiger charge is 2.45. The second-order valence-corrected chi connectivity index (χ2v) is 9.92. The number of piperazine rings is 1. The Hall–Kier alpha value is -2.97. The van der Waals surface area contributed by atoms with E-state index in [0.29, 0.717) is 13.0 Å². The molecular formula is C27H36N6O2. The zero-order chi connectivity index (χ0) is 24.2. The van der Waals surface area contributed by atoms with Crippen LogP contribution in [0.2, 0.25) is 0 Å². The maximum absolute atomic E-state index is 13.1. The molecule has 0 bridgehead atoms. The normalized spacial score (nSPS) is 25.7. The van der Waals surface area contributed by atoms with Crippen molar-refractivity contribution in [1.82, 2.24) is 25.0 Å². The topological polar surface area (TPSA) is 72.0 Å². The van der Waals surface area contributed by atoms with E-state index in [-0.39, 0.29) is 29.9 Å². The van der Waals surface area contributed by atoms with Crippen LogP contribution in [0.25, 0.3) is 0 Å². The number of benzene rings is 1. The van der Waals surface area contributed by atoms with Crippen LogP contribution in [0.5, 0.6) is 0 Å². The van der Waals surface area contributed by atoms with Crippen LogP contribution in [0.15, 0.2) is 54.7 Å². The molecular weight excluding hydrogens is 440 g/mol. The zero-order valence-corrected chi connectivity index (χ0v) is 20.6. The van der Waals surface area contributed by atoms with Crippen molar-refractivity contribution in [3.63, 3.8) is 0 Å². The molecule has 8 heteroatoms. The van der Waals surface area contributed by atoms with E-state index in [1.165, 1.54) is 5.56 Å². The highest BCUT2D eigenvalue weighted by molar-refractivity contribution is 5.83. The summed E-state index contributed by atoms with van der Waals surface area (Å²) in [4.78, 5) is 39.4. The Balaban J connectivity index is 1.14. The number of likely N-dealkylation sites (N-methyl/N-ethyl adjacent to an activating group) is 1. The number of nitrogens with one attached hydrogen (secondary N) is 1. The lowest BCUT2D eigenvalue weighted by atomic mass is 10.0. The Bertz CT molecular complexity index is 995. The molecule has 8 nitrogen and oxygen atoms in total. The van der Waals surface area contributed by atoms with Gasteiger partial charge in [-0.1, -0.05) is 36.4 Å². The van der Waals surface area contributed by atoms with Crippen LogP contribution >= 0.6 is 0 Å². The molecule has 0 unspecified atom stereocenters. The SMILES string of the molecule is CN1[C@@H](CCC(=O)N2CCN(c3ccccn3)CC2)CNC(=O)[C@@H]2[C@H]1CCN2Cc1ccccc1. The summed E-state index contributed by atoms with van der Waals surface area (Å²) >= 11 is 0. The first-order valence-electron chi connectivity index (χ1n) is 12.8. The Labute approximate surface area is 207 Å². The maximum Gasteiger partial charge on any atom is 0.239 e. The molecule has 3 saturated heterocycles. The van der Waals surface area contributed by atoms with Crippen LogP contribution in [0.1, 0.15) is 24.8 Å². The van der Waals surface area contributed by atoms with Gasteiger partial charge in [0.2, 0.25) is 11.8 Å². The molecule has 2 amide bonds. The van der Waals surface area contributed by atoms with Gasteiger partial charge in [-0.2, -0.15) is 0 Å². The Morgan fingerprint density at radius 2 is 1.80 bits per heavy atom. The molecule has 3 aliphatic heterocycles. The molecule has 0 aliphatic carbocycles. The Morgan fingerprint density at radius 3 is 2.54 bits per heavy atom. The number of aromatic nitrogens is 1. The largest absolute Gasteiger partial charge is 0.353 e. The minimum Gasteiger partial charge on any atom is -0.353 e. The number of nitrogens with zero attached hydrogens (tertiary/aromatic N) is 5. The number of rotatable bonds is 6. The van der Waals surface area contributed by atoms with Crippen LogP contribution in [-0.4, -0.2) is 95.9 Å². The molecule has 1 N–H and O–H groups in total. The van der Waals surface area contributed by atoms with E-state index < -0.39 is 0 Å². The predicted molar refractivity (Wildman–Crippen MR) is 136 cm³/mol. The van der Waals surface area contributed by atoms with Crippen LogP contribution in [-0.2, 0) is 16.1 Å². The first kappa shape index (κ1) is 23.8. The van der Waals surface area contributed by atoms with Gasteiger partial charge in [-0.05, 0) is 37.6 Å². The van der Waals surface area contributed by atoms with Crippen LogP contribution in [0.4, 0.5) is 5.82 Å². The van der Waals surface area contributed by atoms with E-state index >= 15 is 0 Å². The molecule has 3 aliphatic rings. The smallest absolute Gasteiger partial charge is 0.239 e. The standard InChI is InChI=1S/C27H36N6O2/c1-30-22(10-11-25(34)32-17-15-31(16-18-32)24-9-5-6-13-28-24)19-29-27(35)26-23(30)12-14-33(26)20-21-7-3-2-4-8-21/h2-9,13,22-23,26H,10-12,14-20H2,1H3,(H,29,35)/t22-,23+,26-/m0/s1. The average Bonchev–Trinajstić information content (AvgIpc) is 3.27. The fourth-order valence-corrected chi connectivity index (χ4v) is 5.82. The van der Waals surface area contributed by atoms with Gasteiger partial charge in [0.15, 0.2) is 0 Å². The number of amides is 2. The van der Waals surface area contributed by atoms with Crippen molar-refractivity contribution in [1.29, 1.82) is 0 Å². The van der Waals surface area contributed by atoms with Gasteiger partial charge < -0.3 is 15.1 Å². The van der Waals surface area contributed by atoms with Gasteiger partial charge >= 0.3 is 0 Å². The van der Waals surface area contributed by atoms with E-state index in [4.69, 9.17) is 0 Å². The van der Waals surface area contributed by atoms with Gasteiger partial charge in [-0.25, -0.2) is 4.98 Å². The Morgan fingerprint density at radius 1 is 1.03 bits per heavy atom. The van der Waals surface area contributed by atoms with E-state index in [0.717, 1.165) is 57.9 Å². The van der Waals surface area contributed by atoms with Crippen molar-refractivity contribution in [2.75, 3.05) is 51.2 Å². The highest BCUT2D eigenvalue weighted by atomic mass is 16.2. The third-order valence-electron chi connectivity index (χ3n) is 7.88. The lowest BCUT2D eigenvalue weighted by molar-refractivity contribution is -0.132. The summed E-state index contributed by atoms with van der Waals surface area (Å²) < 4.78 is 0. The minimum atomic E-state index is -0.138. The predicted octanol–water partition coefficient (Wildman–Crippen LogP) is 1.58. The Kier molecular flexibility index (Phi) is 7.29. The van der Waals surface area contributed by atoms with E-state index in [9.17, 15) is 9.59 Å². The molecule has 0 radical (unpaired) electrons. The molecule has 5 rings (SSSR count). The number of anilines is 1. The van der Waals surface area contributed by atoms with E-state index in [1.54, 1.807) is 0 Å². The first-order valence-corrected chi connectivity index (χ1v) is 12.8. The summed E-state index contributed by atoms with van der Waals surface area (Å²) in [5, 5.41) is 3.18. The quantitative estimate of drug-likeness (QED) is 0.683. The van der Waals surface area contributed by atoms with Crippen LogP contribution in [0.3, 0.4) is 0 Å². The van der Waals surface area contributed by atoms with Crippen molar-refractivity contribution >= 4 is 17.6 Å². The molecule has 0 spiro atoms. The molecule has 3 atom stereocenters. The van der Waals surface area contributed by atoms with Crippen molar-refractivity contribution in [2.45, 2.75) is 43.9 Å². The summed E-state index contributed by atoms with van der Waals surface area (Å²) in [5.74, 6) is 1.31. The number of carbonyl (C=O) groups is 2. The number of pyridine rings is 1. The van der Waals surface area contributed by atoms with Gasteiger partial charge in [0.25, 0.3) is 0 Å². The fourth-order valence-electron chi connectivity index (χ4n) is 5.82. The molecule has 1 aromatic heterocycles. The molecule has 0 saturated carbocycles. The fraction of sp³-hybridized carbons (Fsp3) is 0.519. The van der Waals surface area contributed by atoms with Gasteiger partial charge in [0.1, 0.15) is 11.9 Å². The van der Waals surface area contributed by atoms with Crippen molar-refractivity contribution in [3.8, 4) is 0 Å². The van der Waals surface area contributed by atoms with Crippen LogP contribution in [0, 0.1) is 0 Å². The number of fused-ring (bicyclic) bond motifs is 1. The van der Waals surface area contributed by atoms with Crippen molar-refractivity contribution < 1.29 is 9.59 Å². The average molecular weight is 477 g/mol. The molecule has 35 heavy (non-hydrogen) atoms. The molecule has 1 aromatic carbocycles. The number of hydrogen-bond acceptors (Lipinski definition) is 6. The molecule has 186 valence electrons. The monoisotopic (exact) mass is 476 g/mol. The third kappa shape index (κ3) is 5.33. The van der Waals surface area contributed by atoms with Gasteiger partial charge in [0.05, 0.1) is 0 Å². The summed E-state index contributed by atoms with van der Waals surface area (Å²) in [6.07, 6.45) is 4.06. The summed E-state index contributed by atoms with van der Waals surface area (Å²) in [7, 11) is 2.13. The lowest BCUT2D eigenvalue weighted by Gasteiger charge is -2.36. The third-order valence-corrected chi connectivity index (χ3v) is 7.88. The summed E-state index contributed by atoms with van der Waals surface area (Å²) in [6.45, 7) is 5.37. The van der Waals surface area contributed by atoms with Crippen molar-refractivity contribution in [3.05, 3.63) is 60.3 Å². The molecule has 3 fully saturated rings.